The Morgan fingerprint density at radius 1 is 0.786 bits per heavy atom. The molecule has 0 amide bonds. The Morgan fingerprint density at radius 2 is 1.48 bits per heavy atom. The fraction of sp³-hybridized carbons (Fsp3) is 0.161. The smallest absolute Gasteiger partial charge is 0.295 e. The third kappa shape index (κ3) is 5.16. The topological polar surface area (TPSA) is 142 Å². The van der Waals surface area contributed by atoms with Crippen LogP contribution in [-0.4, -0.2) is 32.5 Å². The summed E-state index contributed by atoms with van der Waals surface area (Å²) in [5, 5.41) is 7.82. The first-order chi connectivity index (χ1) is 19.7. The first-order valence-corrected chi connectivity index (χ1v) is 15.9. The summed E-state index contributed by atoms with van der Waals surface area (Å²) >= 11 is 0. The van der Waals surface area contributed by atoms with Crippen LogP contribution in [0.1, 0.15) is 34.7 Å². The maximum Gasteiger partial charge on any atom is 0.295 e. The van der Waals surface area contributed by atoms with Crippen LogP contribution in [0.3, 0.4) is 0 Å². The van der Waals surface area contributed by atoms with Gasteiger partial charge in [0.05, 0.1) is 0 Å². The van der Waals surface area contributed by atoms with Crippen LogP contribution in [0, 0.1) is 20.8 Å². The Bertz CT molecular complexity index is 2110. The molecule has 0 aromatic heterocycles. The number of hydrogen-bond acceptors (Lipinski definition) is 7. The molecule has 0 bridgehead atoms. The van der Waals surface area contributed by atoms with E-state index >= 15 is 0 Å². The van der Waals surface area contributed by atoms with Crippen molar-refractivity contribution in [1.82, 2.24) is 0 Å². The van der Waals surface area contributed by atoms with E-state index in [1.54, 1.807) is 62.4 Å². The van der Waals surface area contributed by atoms with Gasteiger partial charge in [-0.05, 0) is 73.9 Å². The fourth-order valence-electron chi connectivity index (χ4n) is 5.56. The molecule has 1 aliphatic rings. The van der Waals surface area contributed by atoms with Crippen LogP contribution in [0.2, 0.25) is 0 Å². The van der Waals surface area contributed by atoms with Crippen molar-refractivity contribution in [2.75, 3.05) is 17.2 Å². The van der Waals surface area contributed by atoms with Crippen LogP contribution in [0.15, 0.2) is 70.5 Å². The average Bonchev–Trinajstić information content (AvgIpc) is 2.90. The zero-order valence-corrected chi connectivity index (χ0v) is 25.1. The molecule has 0 spiro atoms. The van der Waals surface area contributed by atoms with Crippen LogP contribution < -0.4 is 25.8 Å². The highest BCUT2D eigenvalue weighted by Crippen LogP contribution is 2.42. The quantitative estimate of drug-likeness (QED) is 0.187. The SMILES string of the molecule is C=c1ccc2c(c1)Oc1cc(Nc3c(C)c(NCC)c(C)c(S(=O)(=O)O)c3C)ccc1C=2c1ccccc1S(=O)(=O)O. The molecule has 1 aliphatic heterocycles. The molecule has 1 heterocycles. The molecule has 0 unspecified atom stereocenters. The zero-order chi connectivity index (χ0) is 30.6. The molecular formula is C31H30N2O7S2. The van der Waals surface area contributed by atoms with Gasteiger partial charge in [0.25, 0.3) is 20.2 Å². The normalized spacial score (nSPS) is 12.8. The second-order valence-corrected chi connectivity index (χ2v) is 12.8. The van der Waals surface area contributed by atoms with Gasteiger partial charge in [0, 0.05) is 51.6 Å². The number of anilines is 3. The van der Waals surface area contributed by atoms with Gasteiger partial charge in [-0.2, -0.15) is 16.8 Å². The standard InChI is InChI=1S/C31H30N2O7S2/c1-6-32-29-18(3)30(20(5)31(19(29)4)42(37,38)39)33-21-12-14-23-26(16-21)40-25-15-17(2)11-13-22(25)28(23)24-9-7-8-10-27(24)41(34,35)36/h7-16,32-33H,2,6H2,1,3-5H3,(H,34,35,36)(H,37,38,39). The number of hydrogen-bond donors (Lipinski definition) is 4. The third-order valence-electron chi connectivity index (χ3n) is 7.28. The molecular weight excluding hydrogens is 576 g/mol. The number of rotatable bonds is 7. The van der Waals surface area contributed by atoms with Gasteiger partial charge in [0.1, 0.15) is 21.3 Å². The summed E-state index contributed by atoms with van der Waals surface area (Å²) in [6.07, 6.45) is 0. The number of benzene rings is 4. The van der Waals surface area contributed by atoms with E-state index in [1.807, 2.05) is 13.8 Å². The lowest BCUT2D eigenvalue weighted by molar-refractivity contribution is 0.471. The minimum atomic E-state index is -4.54. The van der Waals surface area contributed by atoms with Gasteiger partial charge >= 0.3 is 0 Å². The Hall–Kier alpha value is -4.16. The molecule has 4 N–H and O–H groups in total. The monoisotopic (exact) mass is 606 g/mol. The van der Waals surface area contributed by atoms with E-state index in [0.29, 0.717) is 73.4 Å². The predicted molar refractivity (Wildman–Crippen MR) is 164 cm³/mol. The van der Waals surface area contributed by atoms with Gasteiger partial charge in [-0.15, -0.1) is 0 Å². The molecule has 9 nitrogen and oxygen atoms in total. The van der Waals surface area contributed by atoms with Gasteiger partial charge < -0.3 is 15.4 Å². The summed E-state index contributed by atoms with van der Waals surface area (Å²) in [5.41, 5.74) is 4.65. The van der Waals surface area contributed by atoms with Crippen molar-refractivity contribution in [2.45, 2.75) is 37.5 Å². The largest absolute Gasteiger partial charge is 0.456 e. The minimum Gasteiger partial charge on any atom is -0.456 e. The lowest BCUT2D eigenvalue weighted by Gasteiger charge is -2.24. The molecule has 5 rings (SSSR count). The highest BCUT2D eigenvalue weighted by Gasteiger charge is 2.27. The van der Waals surface area contributed by atoms with E-state index in [4.69, 9.17) is 4.74 Å². The first-order valence-electron chi connectivity index (χ1n) is 13.1. The van der Waals surface area contributed by atoms with Crippen molar-refractivity contribution in [3.05, 3.63) is 98.9 Å². The van der Waals surface area contributed by atoms with Crippen molar-refractivity contribution < 1.29 is 30.7 Å². The van der Waals surface area contributed by atoms with Crippen LogP contribution in [0.4, 0.5) is 17.1 Å². The number of nitrogens with one attached hydrogen (secondary N) is 2. The molecule has 42 heavy (non-hydrogen) atoms. The number of fused-ring (bicyclic) bond motifs is 2. The lowest BCUT2D eigenvalue weighted by atomic mass is 9.92. The Balaban J connectivity index is 1.72. The van der Waals surface area contributed by atoms with Gasteiger partial charge in [-0.25, -0.2) is 0 Å². The van der Waals surface area contributed by atoms with Crippen molar-refractivity contribution in [3.63, 3.8) is 0 Å². The third-order valence-corrected chi connectivity index (χ3v) is 9.32. The molecule has 0 aliphatic carbocycles. The highest BCUT2D eigenvalue weighted by molar-refractivity contribution is 7.86. The van der Waals surface area contributed by atoms with E-state index in [2.05, 4.69) is 17.2 Å². The molecule has 4 aromatic carbocycles. The van der Waals surface area contributed by atoms with E-state index < -0.39 is 20.2 Å². The summed E-state index contributed by atoms with van der Waals surface area (Å²) in [6, 6.07) is 16.8. The molecule has 0 atom stereocenters. The summed E-state index contributed by atoms with van der Waals surface area (Å²) in [7, 11) is -9.07. The van der Waals surface area contributed by atoms with Gasteiger partial charge in [-0.3, -0.25) is 9.11 Å². The van der Waals surface area contributed by atoms with E-state index in [0.717, 1.165) is 5.56 Å². The summed E-state index contributed by atoms with van der Waals surface area (Å²) in [6.45, 7) is 11.5. The Morgan fingerprint density at radius 3 is 2.14 bits per heavy atom. The summed E-state index contributed by atoms with van der Waals surface area (Å²) < 4.78 is 75.7. The Kier molecular flexibility index (Phi) is 7.40. The second-order valence-electron chi connectivity index (χ2n) is 10.1. The van der Waals surface area contributed by atoms with Gasteiger partial charge in [-0.1, -0.05) is 36.9 Å². The van der Waals surface area contributed by atoms with Gasteiger partial charge in [0.2, 0.25) is 0 Å². The van der Waals surface area contributed by atoms with Crippen molar-refractivity contribution in [1.29, 1.82) is 0 Å². The molecule has 11 heteroatoms. The van der Waals surface area contributed by atoms with Crippen LogP contribution in [0.25, 0.3) is 12.2 Å². The molecule has 0 saturated heterocycles. The van der Waals surface area contributed by atoms with Crippen LogP contribution in [-0.2, 0) is 20.2 Å². The van der Waals surface area contributed by atoms with Gasteiger partial charge in [0.15, 0.2) is 0 Å². The predicted octanol–water partition coefficient (Wildman–Crippen LogP) is 5.04. The summed E-state index contributed by atoms with van der Waals surface area (Å²) in [4.78, 5) is -0.408. The highest BCUT2D eigenvalue weighted by atomic mass is 32.2. The van der Waals surface area contributed by atoms with E-state index in [9.17, 15) is 25.9 Å². The van der Waals surface area contributed by atoms with E-state index in [1.165, 1.54) is 12.1 Å². The van der Waals surface area contributed by atoms with E-state index in [-0.39, 0.29) is 9.79 Å². The minimum absolute atomic E-state index is 0.171. The van der Waals surface area contributed by atoms with Crippen LogP contribution >= 0.6 is 0 Å². The van der Waals surface area contributed by atoms with Crippen molar-refractivity contribution >= 4 is 49.5 Å². The molecule has 0 saturated carbocycles. The maximum atomic E-state index is 12.4. The first kappa shape index (κ1) is 29.3. The fourth-order valence-corrected chi connectivity index (χ4v) is 7.23. The second kappa shape index (κ2) is 10.6. The van der Waals surface area contributed by atoms with Crippen molar-refractivity contribution in [2.24, 2.45) is 0 Å². The molecule has 0 fully saturated rings. The number of ether oxygens (including phenoxy) is 1. The van der Waals surface area contributed by atoms with Crippen LogP contribution in [0.5, 0.6) is 11.5 Å². The molecule has 4 aromatic rings. The lowest BCUT2D eigenvalue weighted by Crippen LogP contribution is -2.20. The average molecular weight is 607 g/mol. The molecule has 218 valence electrons. The molecule has 0 radical (unpaired) electrons. The van der Waals surface area contributed by atoms with Crippen molar-refractivity contribution in [3.8, 4) is 11.5 Å². The Labute approximate surface area is 244 Å². The summed E-state index contributed by atoms with van der Waals surface area (Å²) in [5.74, 6) is 0.862. The maximum absolute atomic E-state index is 12.4. The zero-order valence-electron chi connectivity index (χ0n) is 23.4.